The lowest BCUT2D eigenvalue weighted by Crippen LogP contribution is -2.49. The summed E-state index contributed by atoms with van der Waals surface area (Å²) in [5.41, 5.74) is 1.53. The highest BCUT2D eigenvalue weighted by molar-refractivity contribution is 7.89. The molecule has 1 N–H and O–H groups in total. The second kappa shape index (κ2) is 12.2. The van der Waals surface area contributed by atoms with E-state index >= 15 is 0 Å². The molecule has 0 fully saturated rings. The van der Waals surface area contributed by atoms with Crippen molar-refractivity contribution in [3.63, 3.8) is 0 Å². The number of rotatable bonds is 7. The maximum Gasteiger partial charge on any atom is 0.247 e. The normalized spacial score (nSPS) is 20.6. The lowest BCUT2D eigenvalue weighted by Gasteiger charge is -2.37. The summed E-state index contributed by atoms with van der Waals surface area (Å²) in [5.74, 6) is 6.50. The second-order valence-corrected chi connectivity index (χ2v) is 12.0. The van der Waals surface area contributed by atoms with Crippen LogP contribution in [0.5, 0.6) is 5.75 Å². The number of ether oxygens (including phenoxy) is 1. The molecular formula is C28H37FN2O4S. The van der Waals surface area contributed by atoms with Gasteiger partial charge in [-0.3, -0.25) is 4.90 Å². The SMILES string of the molecule is CC(C)CC#Cc1ccc2c(c1)O[C@@H](CN(C)Cc1cccc(F)c1)[C@H](C)CN([C@H](C)CO)S2(=O)=O. The lowest BCUT2D eigenvalue weighted by atomic mass is 10.0. The van der Waals surface area contributed by atoms with Gasteiger partial charge in [-0.15, -0.1) is 0 Å². The molecule has 0 aliphatic carbocycles. The molecule has 3 rings (SSSR count). The Bertz CT molecular complexity index is 1210. The van der Waals surface area contributed by atoms with E-state index in [0.717, 1.165) is 12.0 Å². The summed E-state index contributed by atoms with van der Waals surface area (Å²) >= 11 is 0. The van der Waals surface area contributed by atoms with Gasteiger partial charge in [0.25, 0.3) is 0 Å². The molecule has 2 aromatic rings. The zero-order valence-corrected chi connectivity index (χ0v) is 22.6. The summed E-state index contributed by atoms with van der Waals surface area (Å²) in [5, 5.41) is 9.80. The molecule has 0 saturated heterocycles. The number of halogens is 1. The third-order valence-corrected chi connectivity index (χ3v) is 8.26. The van der Waals surface area contributed by atoms with Gasteiger partial charge in [0.05, 0.1) is 6.61 Å². The number of benzene rings is 2. The van der Waals surface area contributed by atoms with Crippen LogP contribution in [0.3, 0.4) is 0 Å². The fourth-order valence-corrected chi connectivity index (χ4v) is 6.02. The summed E-state index contributed by atoms with van der Waals surface area (Å²) in [7, 11) is -1.97. The third-order valence-electron chi connectivity index (χ3n) is 6.24. The van der Waals surface area contributed by atoms with Gasteiger partial charge in [0.15, 0.2) is 0 Å². The van der Waals surface area contributed by atoms with Crippen LogP contribution in [-0.2, 0) is 16.6 Å². The Labute approximate surface area is 215 Å². The van der Waals surface area contributed by atoms with Crippen molar-refractivity contribution in [3.8, 4) is 17.6 Å². The highest BCUT2D eigenvalue weighted by Gasteiger charge is 2.38. The van der Waals surface area contributed by atoms with Gasteiger partial charge in [0.1, 0.15) is 22.6 Å². The number of likely N-dealkylation sites (N-methyl/N-ethyl adjacent to an activating group) is 1. The van der Waals surface area contributed by atoms with Gasteiger partial charge in [-0.2, -0.15) is 4.31 Å². The predicted molar refractivity (Wildman–Crippen MR) is 140 cm³/mol. The first kappa shape index (κ1) is 28.1. The molecule has 0 spiro atoms. The summed E-state index contributed by atoms with van der Waals surface area (Å²) in [6.45, 7) is 8.77. The van der Waals surface area contributed by atoms with Crippen molar-refractivity contribution in [2.45, 2.75) is 57.7 Å². The molecule has 2 aromatic carbocycles. The zero-order valence-electron chi connectivity index (χ0n) is 21.7. The topological polar surface area (TPSA) is 70.1 Å². The molecule has 1 aliphatic rings. The van der Waals surface area contributed by atoms with E-state index in [0.29, 0.717) is 24.6 Å². The van der Waals surface area contributed by atoms with E-state index in [9.17, 15) is 17.9 Å². The smallest absolute Gasteiger partial charge is 0.247 e. The van der Waals surface area contributed by atoms with E-state index < -0.39 is 16.1 Å². The second-order valence-electron chi connectivity index (χ2n) is 10.1. The van der Waals surface area contributed by atoms with Gasteiger partial charge < -0.3 is 9.84 Å². The van der Waals surface area contributed by atoms with Gasteiger partial charge in [0, 0.05) is 43.6 Å². The van der Waals surface area contributed by atoms with E-state index in [1.54, 1.807) is 31.2 Å². The van der Waals surface area contributed by atoms with Crippen LogP contribution in [0.4, 0.5) is 4.39 Å². The minimum Gasteiger partial charge on any atom is -0.487 e. The Morgan fingerprint density at radius 2 is 1.97 bits per heavy atom. The molecule has 0 saturated carbocycles. The average Bonchev–Trinajstić information content (AvgIpc) is 2.80. The van der Waals surface area contributed by atoms with Crippen molar-refractivity contribution in [2.75, 3.05) is 26.7 Å². The number of fused-ring (bicyclic) bond motifs is 1. The molecule has 36 heavy (non-hydrogen) atoms. The third kappa shape index (κ3) is 7.07. The molecule has 8 heteroatoms. The largest absolute Gasteiger partial charge is 0.487 e. The Morgan fingerprint density at radius 3 is 2.64 bits per heavy atom. The molecule has 3 atom stereocenters. The van der Waals surface area contributed by atoms with Crippen molar-refractivity contribution in [3.05, 3.63) is 59.4 Å². The van der Waals surface area contributed by atoms with E-state index in [4.69, 9.17) is 4.74 Å². The van der Waals surface area contributed by atoms with E-state index in [1.165, 1.54) is 16.4 Å². The van der Waals surface area contributed by atoms with E-state index in [-0.39, 0.29) is 41.6 Å². The van der Waals surface area contributed by atoms with Crippen LogP contribution in [0.1, 0.15) is 45.2 Å². The number of sulfonamides is 1. The molecule has 0 unspecified atom stereocenters. The summed E-state index contributed by atoms with van der Waals surface area (Å²) in [6, 6.07) is 10.8. The molecule has 1 heterocycles. The van der Waals surface area contributed by atoms with Crippen molar-refractivity contribution >= 4 is 10.0 Å². The summed E-state index contributed by atoms with van der Waals surface area (Å²) < 4.78 is 48.6. The molecular weight excluding hydrogens is 479 g/mol. The van der Waals surface area contributed by atoms with Crippen LogP contribution >= 0.6 is 0 Å². The Hall–Kier alpha value is -2.44. The van der Waals surface area contributed by atoms with Crippen molar-refractivity contribution in [2.24, 2.45) is 11.8 Å². The molecule has 0 radical (unpaired) electrons. The van der Waals surface area contributed by atoms with Gasteiger partial charge in [0.2, 0.25) is 10.0 Å². The highest BCUT2D eigenvalue weighted by Crippen LogP contribution is 2.34. The number of nitrogens with zero attached hydrogens (tertiary/aromatic N) is 2. The highest BCUT2D eigenvalue weighted by atomic mass is 32.2. The molecule has 196 valence electrons. The van der Waals surface area contributed by atoms with Crippen molar-refractivity contribution < 1.29 is 22.7 Å². The summed E-state index contributed by atoms with van der Waals surface area (Å²) in [6.07, 6.45) is 0.396. The Balaban J connectivity index is 1.96. The first-order chi connectivity index (χ1) is 17.0. The molecule has 1 aliphatic heterocycles. The zero-order chi connectivity index (χ0) is 26.5. The average molecular weight is 517 g/mol. The van der Waals surface area contributed by atoms with Gasteiger partial charge in [-0.1, -0.05) is 44.7 Å². The maximum atomic E-state index is 13.7. The van der Waals surface area contributed by atoms with E-state index in [1.807, 2.05) is 24.9 Å². The number of aliphatic hydroxyl groups is 1. The van der Waals surface area contributed by atoms with E-state index in [2.05, 4.69) is 25.7 Å². The molecule has 0 bridgehead atoms. The number of hydrogen-bond donors (Lipinski definition) is 1. The van der Waals surface area contributed by atoms with Crippen LogP contribution in [0, 0.1) is 29.5 Å². The maximum absolute atomic E-state index is 13.7. The molecule has 0 amide bonds. The van der Waals surface area contributed by atoms with Crippen molar-refractivity contribution in [1.29, 1.82) is 0 Å². The minimum absolute atomic E-state index is 0.0712. The summed E-state index contributed by atoms with van der Waals surface area (Å²) in [4.78, 5) is 2.11. The number of aliphatic hydroxyl groups excluding tert-OH is 1. The first-order valence-electron chi connectivity index (χ1n) is 12.4. The van der Waals surface area contributed by atoms with Crippen molar-refractivity contribution in [1.82, 2.24) is 9.21 Å². The fraction of sp³-hybridized carbons (Fsp3) is 0.500. The molecule has 6 nitrogen and oxygen atoms in total. The van der Waals surface area contributed by atoms with Crippen LogP contribution in [-0.4, -0.2) is 61.6 Å². The predicted octanol–water partition coefficient (Wildman–Crippen LogP) is 4.12. The Morgan fingerprint density at radius 1 is 1.22 bits per heavy atom. The monoisotopic (exact) mass is 516 g/mol. The van der Waals surface area contributed by atoms with Gasteiger partial charge in [-0.25, -0.2) is 12.8 Å². The minimum atomic E-state index is -3.90. The fourth-order valence-electron chi connectivity index (χ4n) is 4.20. The van der Waals surface area contributed by atoms with Crippen LogP contribution in [0.2, 0.25) is 0 Å². The lowest BCUT2D eigenvalue weighted by molar-refractivity contribution is 0.0733. The Kier molecular flexibility index (Phi) is 9.53. The number of hydrogen-bond acceptors (Lipinski definition) is 5. The standard InChI is InChI=1S/C28H37FN2O4S/c1-20(2)8-6-9-23-12-13-28-26(15-23)35-27(18-30(5)17-24-10-7-11-25(29)14-24)21(3)16-31(22(4)19-32)36(28,33)34/h7,10-15,20-22,27,32H,8,16-19H2,1-5H3/t21-,22-,27+/m1/s1. The quantitative estimate of drug-likeness (QED) is 0.561. The van der Waals surface area contributed by atoms with Gasteiger partial charge in [-0.05, 0) is 55.8 Å². The molecule has 0 aromatic heterocycles. The first-order valence-corrected chi connectivity index (χ1v) is 13.8. The van der Waals surface area contributed by atoms with Gasteiger partial charge >= 0.3 is 0 Å². The van der Waals surface area contributed by atoms with Crippen LogP contribution in [0.25, 0.3) is 0 Å². The van der Waals surface area contributed by atoms with Crippen LogP contribution in [0.15, 0.2) is 47.4 Å². The van der Waals surface area contributed by atoms with Crippen LogP contribution < -0.4 is 4.74 Å².